The summed E-state index contributed by atoms with van der Waals surface area (Å²) in [5, 5.41) is 9.75. The van der Waals surface area contributed by atoms with E-state index in [4.69, 9.17) is 5.11 Å². The van der Waals surface area contributed by atoms with Gasteiger partial charge in [0, 0.05) is 7.11 Å². The molecule has 42 valence electrons. The highest BCUT2D eigenvalue weighted by Gasteiger charge is 1.25. The van der Waals surface area contributed by atoms with E-state index < -0.39 is 0 Å². The molecule has 0 radical (unpaired) electrons. The zero-order chi connectivity index (χ0) is 4.71. The zero-order valence-electron chi connectivity index (χ0n) is 4.45. The molecule has 0 aliphatic carbocycles. The third-order valence-corrected chi connectivity index (χ3v) is 0. The molecule has 6 heavy (non-hydrogen) atoms. The maximum atomic E-state index is 7.00. The molecule has 0 spiro atoms. The molecule has 0 rings (SSSR count). The summed E-state index contributed by atoms with van der Waals surface area (Å²) in [6, 6.07) is 0. The van der Waals surface area contributed by atoms with E-state index in [0.717, 1.165) is 7.11 Å². The molecule has 0 fully saturated rings. The van der Waals surface area contributed by atoms with Gasteiger partial charge in [0.05, 0.1) is 0 Å². The molecule has 0 amide bonds. The quantitative estimate of drug-likeness (QED) is 0.389. The van der Waals surface area contributed by atoms with Crippen molar-refractivity contribution in [3.05, 3.63) is 0 Å². The molecule has 0 aliphatic heterocycles. The topological polar surface area (TPSA) is 63.8 Å². The van der Waals surface area contributed by atoms with Gasteiger partial charge in [-0.2, -0.15) is 0 Å². The van der Waals surface area contributed by atoms with E-state index in [1.807, 2.05) is 14.1 Å². The van der Waals surface area contributed by atoms with Gasteiger partial charge in [-0.05, 0) is 14.1 Å². The van der Waals surface area contributed by atoms with E-state index in [1.165, 1.54) is 0 Å². The Kier molecular flexibility index (Phi) is 267. The molecular weight excluding hydrogens is 82.0 g/mol. The van der Waals surface area contributed by atoms with Crippen LogP contribution in [0.1, 0.15) is 0 Å². The zero-order valence-corrected chi connectivity index (χ0v) is 4.45. The second kappa shape index (κ2) is 94.9. The van der Waals surface area contributed by atoms with E-state index in [2.05, 4.69) is 5.32 Å². The van der Waals surface area contributed by atoms with Gasteiger partial charge in [0.1, 0.15) is 0 Å². The summed E-state index contributed by atoms with van der Waals surface area (Å²) < 4.78 is 0. The molecular formula is C3H13NO2. The summed E-state index contributed by atoms with van der Waals surface area (Å²) >= 11 is 0. The molecule has 0 aromatic carbocycles. The Labute approximate surface area is 38.3 Å². The Morgan fingerprint density at radius 1 is 1.17 bits per heavy atom. The first-order valence-corrected chi connectivity index (χ1v) is 1.45. The highest BCUT2D eigenvalue weighted by Crippen LogP contribution is 0.981. The minimum Gasteiger partial charge on any atom is -0.412 e. The monoisotopic (exact) mass is 95.1 g/mol. The van der Waals surface area contributed by atoms with Gasteiger partial charge in [-0.25, -0.2) is 0 Å². The van der Waals surface area contributed by atoms with Crippen LogP contribution in [0, 0.1) is 0 Å². The molecule has 0 saturated carbocycles. The Hall–Kier alpha value is -0.120. The van der Waals surface area contributed by atoms with Crippen molar-refractivity contribution < 1.29 is 10.6 Å². The summed E-state index contributed by atoms with van der Waals surface area (Å²) in [5.41, 5.74) is 0. The van der Waals surface area contributed by atoms with Crippen LogP contribution in [0.2, 0.25) is 0 Å². The van der Waals surface area contributed by atoms with E-state index >= 15 is 0 Å². The van der Waals surface area contributed by atoms with Crippen molar-refractivity contribution in [2.45, 2.75) is 0 Å². The highest BCUT2D eigenvalue weighted by atomic mass is 16.2. The van der Waals surface area contributed by atoms with Crippen LogP contribution < -0.4 is 5.32 Å². The third kappa shape index (κ3) is 2230. The maximum Gasteiger partial charge on any atom is 0.0319 e. The molecule has 4 N–H and O–H groups in total. The van der Waals surface area contributed by atoms with E-state index in [0.29, 0.717) is 0 Å². The minimum atomic E-state index is 0. The number of rotatable bonds is 0. The second-order valence-electron chi connectivity index (χ2n) is 0.500. The average Bonchev–Trinajstić information content (AvgIpc) is 1.46. The number of aliphatic hydroxyl groups excluding tert-OH is 1. The van der Waals surface area contributed by atoms with Crippen LogP contribution in [-0.2, 0) is 0 Å². The van der Waals surface area contributed by atoms with Gasteiger partial charge in [0.25, 0.3) is 0 Å². The van der Waals surface area contributed by atoms with Gasteiger partial charge in [0.15, 0.2) is 0 Å². The molecule has 0 aromatic rings. The van der Waals surface area contributed by atoms with Gasteiger partial charge in [-0.15, -0.1) is 0 Å². The van der Waals surface area contributed by atoms with Crippen molar-refractivity contribution in [3.63, 3.8) is 0 Å². The Balaban J connectivity index is -0.0000000275. The van der Waals surface area contributed by atoms with Crippen molar-refractivity contribution in [3.8, 4) is 0 Å². The Morgan fingerprint density at radius 2 is 1.17 bits per heavy atom. The molecule has 0 unspecified atom stereocenters. The van der Waals surface area contributed by atoms with Gasteiger partial charge in [0.2, 0.25) is 0 Å². The normalized spacial score (nSPS) is 4.00. The third-order valence-electron chi connectivity index (χ3n) is 0. The van der Waals surface area contributed by atoms with Crippen LogP contribution in [0.4, 0.5) is 0 Å². The van der Waals surface area contributed by atoms with Crippen LogP contribution in [-0.4, -0.2) is 31.8 Å². The largest absolute Gasteiger partial charge is 0.412 e. The van der Waals surface area contributed by atoms with Crippen LogP contribution in [0.5, 0.6) is 0 Å². The lowest BCUT2D eigenvalue weighted by molar-refractivity contribution is 0.399. The van der Waals surface area contributed by atoms with Gasteiger partial charge >= 0.3 is 0 Å². The standard InChI is InChI=1S/C2H7N.CH4O.H2O/c1-3-2;1-2;/h3H,1-2H3;2H,1H3;1H2. The second-order valence-corrected chi connectivity index (χ2v) is 0.500. The van der Waals surface area contributed by atoms with Crippen LogP contribution in [0.15, 0.2) is 0 Å². The molecule has 3 heteroatoms. The maximum absolute atomic E-state index is 7.00. The van der Waals surface area contributed by atoms with Crippen molar-refractivity contribution in [1.82, 2.24) is 5.32 Å². The smallest absolute Gasteiger partial charge is 0.0319 e. The number of hydrogen-bond donors (Lipinski definition) is 2. The van der Waals surface area contributed by atoms with Crippen molar-refractivity contribution in [2.24, 2.45) is 0 Å². The molecule has 3 nitrogen and oxygen atoms in total. The lowest BCUT2D eigenvalue weighted by atomic mass is 11.3. The summed E-state index contributed by atoms with van der Waals surface area (Å²) in [4.78, 5) is 0. The predicted molar refractivity (Wildman–Crippen MR) is 26.7 cm³/mol. The fraction of sp³-hybridized carbons (Fsp3) is 1.00. The fourth-order valence-electron chi connectivity index (χ4n) is 0. The van der Waals surface area contributed by atoms with E-state index in [1.54, 1.807) is 0 Å². The molecule has 0 aromatic heterocycles. The molecule has 0 heterocycles. The van der Waals surface area contributed by atoms with E-state index in [9.17, 15) is 0 Å². The lowest BCUT2D eigenvalue weighted by Gasteiger charge is -1.59. The summed E-state index contributed by atoms with van der Waals surface area (Å²) in [5.74, 6) is 0. The Morgan fingerprint density at radius 3 is 1.17 bits per heavy atom. The molecule has 0 atom stereocenters. The van der Waals surface area contributed by atoms with Crippen LogP contribution in [0.3, 0.4) is 0 Å². The first kappa shape index (κ1) is 16.9. The van der Waals surface area contributed by atoms with Gasteiger partial charge in [-0.1, -0.05) is 0 Å². The van der Waals surface area contributed by atoms with Crippen LogP contribution in [0.25, 0.3) is 0 Å². The minimum absolute atomic E-state index is 0. The number of hydrogen-bond acceptors (Lipinski definition) is 2. The summed E-state index contributed by atoms with van der Waals surface area (Å²) in [6.45, 7) is 0. The van der Waals surface area contributed by atoms with E-state index in [-0.39, 0.29) is 5.48 Å². The average molecular weight is 95.1 g/mol. The fourth-order valence-corrected chi connectivity index (χ4v) is 0. The van der Waals surface area contributed by atoms with Crippen molar-refractivity contribution >= 4 is 0 Å². The van der Waals surface area contributed by atoms with Gasteiger partial charge in [-0.3, -0.25) is 0 Å². The number of nitrogens with one attached hydrogen (secondary N) is 1. The summed E-state index contributed by atoms with van der Waals surface area (Å²) in [6.07, 6.45) is 0. The lowest BCUT2D eigenvalue weighted by Crippen LogP contribution is -1.89. The Bertz CT molecular complexity index is 8.75. The summed E-state index contributed by atoms with van der Waals surface area (Å²) in [7, 11) is 4.75. The molecule has 0 aliphatic rings. The number of aliphatic hydroxyl groups is 1. The predicted octanol–water partition coefficient (Wildman–Crippen LogP) is -1.38. The SMILES string of the molecule is CNC.CO.O. The van der Waals surface area contributed by atoms with Crippen molar-refractivity contribution in [1.29, 1.82) is 0 Å². The van der Waals surface area contributed by atoms with Gasteiger partial charge < -0.3 is 15.9 Å². The molecule has 0 saturated heterocycles. The first-order valence-electron chi connectivity index (χ1n) is 1.45. The van der Waals surface area contributed by atoms with Crippen LogP contribution >= 0.6 is 0 Å². The van der Waals surface area contributed by atoms with Crippen molar-refractivity contribution in [2.75, 3.05) is 21.2 Å². The highest BCUT2D eigenvalue weighted by molar-refractivity contribution is 3.91. The molecule has 0 bridgehead atoms. The first-order chi connectivity index (χ1) is 2.41.